The molecule has 0 rings (SSSR count). The maximum atomic E-state index is 11.6. The molecule has 8 nitrogen and oxygen atoms in total. The van der Waals surface area contributed by atoms with Crippen molar-refractivity contribution >= 4 is 22.3 Å². The van der Waals surface area contributed by atoms with E-state index in [2.05, 4.69) is 4.74 Å². The van der Waals surface area contributed by atoms with Gasteiger partial charge < -0.3 is 9.84 Å². The van der Waals surface area contributed by atoms with Crippen LogP contribution in [0.1, 0.15) is 20.8 Å². The average Bonchev–Trinajstić information content (AvgIpc) is 2.12. The van der Waals surface area contributed by atoms with Crippen LogP contribution in [0.25, 0.3) is 0 Å². The molecule has 0 aliphatic carbocycles. The second-order valence-corrected chi connectivity index (χ2v) is 4.98. The maximum absolute atomic E-state index is 11.6. The van der Waals surface area contributed by atoms with E-state index >= 15 is 0 Å². The van der Waals surface area contributed by atoms with Gasteiger partial charge in [0.2, 0.25) is 0 Å². The number of nitrogens with zero attached hydrogens (tertiary/aromatic N) is 1. The molecule has 0 fully saturated rings. The number of hydrogen-bond acceptors (Lipinski definition) is 5. The predicted octanol–water partition coefficient (Wildman–Crippen LogP) is -0.228. The molecule has 0 aliphatic rings. The van der Waals surface area contributed by atoms with Gasteiger partial charge in [-0.1, -0.05) is 0 Å². The molecule has 0 saturated heterocycles. The van der Waals surface area contributed by atoms with Crippen molar-refractivity contribution in [1.29, 1.82) is 0 Å². The van der Waals surface area contributed by atoms with Gasteiger partial charge >= 0.3 is 22.3 Å². The van der Waals surface area contributed by atoms with Gasteiger partial charge in [-0.25, -0.2) is 9.52 Å². The van der Waals surface area contributed by atoms with Crippen LogP contribution in [-0.4, -0.2) is 49.1 Å². The summed E-state index contributed by atoms with van der Waals surface area (Å²) in [5, 5.41) is 8.58. The first-order chi connectivity index (χ1) is 7.70. The monoisotopic (exact) mass is 268 g/mol. The molecule has 0 spiro atoms. The van der Waals surface area contributed by atoms with Gasteiger partial charge in [-0.05, 0) is 20.8 Å². The lowest BCUT2D eigenvalue weighted by atomic mass is 10.4. The maximum Gasteiger partial charge on any atom is 0.421 e. The van der Waals surface area contributed by atoms with Gasteiger partial charge in [-0.15, -0.1) is 0 Å². The first kappa shape index (κ1) is 15.7. The van der Waals surface area contributed by atoms with Crippen molar-refractivity contribution < 1.29 is 27.9 Å². The number of carbonyl (C=O) groups excluding carboxylic acids is 1. The Bertz CT molecular complexity index is 377. The van der Waals surface area contributed by atoms with Crippen molar-refractivity contribution in [1.82, 2.24) is 9.03 Å². The van der Waals surface area contributed by atoms with Crippen LogP contribution < -0.4 is 4.72 Å². The van der Waals surface area contributed by atoms with Gasteiger partial charge in [0, 0.05) is 6.04 Å². The topological polar surface area (TPSA) is 113 Å². The number of amides is 1. The third kappa shape index (κ3) is 5.50. The van der Waals surface area contributed by atoms with E-state index in [1.54, 1.807) is 4.72 Å². The summed E-state index contributed by atoms with van der Waals surface area (Å²) in [6.45, 7) is 3.79. The fourth-order valence-corrected chi connectivity index (χ4v) is 2.23. The highest BCUT2D eigenvalue weighted by Crippen LogP contribution is 2.04. The van der Waals surface area contributed by atoms with Gasteiger partial charge in [0.1, 0.15) is 6.54 Å². The van der Waals surface area contributed by atoms with Crippen LogP contribution >= 0.6 is 0 Å². The molecule has 0 aromatic carbocycles. The van der Waals surface area contributed by atoms with Gasteiger partial charge in [0.25, 0.3) is 0 Å². The van der Waals surface area contributed by atoms with E-state index < -0.39 is 34.9 Å². The summed E-state index contributed by atoms with van der Waals surface area (Å²) < 4.78 is 30.0. The van der Waals surface area contributed by atoms with Crippen LogP contribution in [0.5, 0.6) is 0 Å². The van der Waals surface area contributed by atoms with Crippen molar-refractivity contribution in [3.63, 3.8) is 0 Å². The Balaban J connectivity index is 4.84. The first-order valence-electron chi connectivity index (χ1n) is 4.88. The van der Waals surface area contributed by atoms with Gasteiger partial charge in [-0.3, -0.25) is 4.79 Å². The molecule has 0 radical (unpaired) electrons. The molecule has 2 N–H and O–H groups in total. The normalized spacial score (nSPS) is 11.6. The molecule has 100 valence electrons. The Hall–Kier alpha value is -1.35. The van der Waals surface area contributed by atoms with Crippen LogP contribution in [-0.2, 0) is 19.7 Å². The third-order valence-corrected chi connectivity index (χ3v) is 3.26. The highest BCUT2D eigenvalue weighted by atomic mass is 32.2. The number of aliphatic carboxylic acids is 1. The Morgan fingerprint density at radius 3 is 2.29 bits per heavy atom. The van der Waals surface area contributed by atoms with Crippen molar-refractivity contribution in [2.45, 2.75) is 26.8 Å². The smallest absolute Gasteiger partial charge is 0.421 e. The zero-order valence-electron chi connectivity index (χ0n) is 9.84. The number of carbonyl (C=O) groups is 2. The first-order valence-corrected chi connectivity index (χ1v) is 6.32. The fraction of sp³-hybridized carbons (Fsp3) is 0.750. The minimum atomic E-state index is -4.21. The lowest BCUT2D eigenvalue weighted by Crippen LogP contribution is -2.48. The fourth-order valence-electron chi connectivity index (χ4n) is 1.00. The van der Waals surface area contributed by atoms with E-state index in [9.17, 15) is 18.0 Å². The van der Waals surface area contributed by atoms with E-state index in [0.717, 1.165) is 0 Å². The zero-order chi connectivity index (χ0) is 13.6. The SMILES string of the molecule is CCOC(=O)NS(=O)(=O)N(CC(=O)O)C(C)C. The van der Waals surface area contributed by atoms with Gasteiger partial charge in [-0.2, -0.15) is 12.7 Å². The Labute approximate surface area is 99.7 Å². The number of hydrogen-bond donors (Lipinski definition) is 2. The summed E-state index contributed by atoms with van der Waals surface area (Å²) in [6, 6.07) is -0.599. The number of carboxylic acid groups (broad SMARTS) is 1. The summed E-state index contributed by atoms with van der Waals surface area (Å²) in [7, 11) is -4.21. The second kappa shape index (κ2) is 6.40. The molecular weight excluding hydrogens is 252 g/mol. The molecule has 0 heterocycles. The Morgan fingerprint density at radius 2 is 1.94 bits per heavy atom. The van der Waals surface area contributed by atoms with E-state index in [1.807, 2.05) is 0 Å². The molecule has 0 aliphatic heterocycles. The summed E-state index contributed by atoms with van der Waals surface area (Å²) in [4.78, 5) is 21.5. The molecule has 0 unspecified atom stereocenters. The van der Waals surface area contributed by atoms with Crippen LogP contribution in [0.15, 0.2) is 0 Å². The molecule has 17 heavy (non-hydrogen) atoms. The Kier molecular flexibility index (Phi) is 5.89. The lowest BCUT2D eigenvalue weighted by Gasteiger charge is -2.23. The summed E-state index contributed by atoms with van der Waals surface area (Å²) in [5.74, 6) is -1.31. The van der Waals surface area contributed by atoms with E-state index in [-0.39, 0.29) is 6.61 Å². The third-order valence-electron chi connectivity index (χ3n) is 1.66. The van der Waals surface area contributed by atoms with Crippen LogP contribution in [0, 0.1) is 0 Å². The lowest BCUT2D eigenvalue weighted by molar-refractivity contribution is -0.137. The van der Waals surface area contributed by atoms with Crippen LogP contribution in [0.2, 0.25) is 0 Å². The van der Waals surface area contributed by atoms with Crippen LogP contribution in [0.3, 0.4) is 0 Å². The minimum absolute atomic E-state index is 0.0158. The number of carboxylic acids is 1. The molecule has 0 saturated carbocycles. The highest BCUT2D eigenvalue weighted by Gasteiger charge is 2.29. The average molecular weight is 268 g/mol. The number of ether oxygens (including phenoxy) is 1. The van der Waals surface area contributed by atoms with E-state index in [1.165, 1.54) is 20.8 Å². The minimum Gasteiger partial charge on any atom is -0.480 e. The Morgan fingerprint density at radius 1 is 1.41 bits per heavy atom. The van der Waals surface area contributed by atoms with Crippen molar-refractivity contribution in [3.8, 4) is 0 Å². The molecule has 9 heteroatoms. The standard InChI is InChI=1S/C8H16N2O6S/c1-4-16-8(13)9-17(14,15)10(6(2)3)5-7(11)12/h6H,4-5H2,1-3H3,(H,9,13)(H,11,12). The van der Waals surface area contributed by atoms with E-state index in [4.69, 9.17) is 5.11 Å². The predicted molar refractivity (Wildman–Crippen MR) is 58.6 cm³/mol. The van der Waals surface area contributed by atoms with Crippen molar-refractivity contribution in [2.75, 3.05) is 13.2 Å². The van der Waals surface area contributed by atoms with E-state index in [0.29, 0.717) is 4.31 Å². The molecular formula is C8H16N2O6S. The molecule has 0 bridgehead atoms. The molecule has 0 aromatic heterocycles. The molecule has 0 aromatic rings. The quantitative estimate of drug-likeness (QED) is 0.688. The summed E-state index contributed by atoms with van der Waals surface area (Å²) >= 11 is 0. The zero-order valence-corrected chi connectivity index (χ0v) is 10.7. The largest absolute Gasteiger partial charge is 0.480 e. The number of nitrogens with one attached hydrogen (secondary N) is 1. The molecule has 0 atom stereocenters. The summed E-state index contributed by atoms with van der Waals surface area (Å²) in [5.41, 5.74) is 0. The summed E-state index contributed by atoms with van der Waals surface area (Å²) in [6.07, 6.45) is -1.14. The van der Waals surface area contributed by atoms with Crippen LogP contribution in [0.4, 0.5) is 4.79 Å². The number of rotatable bonds is 6. The van der Waals surface area contributed by atoms with Gasteiger partial charge in [0.05, 0.1) is 6.61 Å². The molecule has 1 amide bonds. The second-order valence-electron chi connectivity index (χ2n) is 3.36. The highest BCUT2D eigenvalue weighted by molar-refractivity contribution is 7.87. The van der Waals surface area contributed by atoms with Crippen molar-refractivity contribution in [3.05, 3.63) is 0 Å². The van der Waals surface area contributed by atoms with Gasteiger partial charge in [0.15, 0.2) is 0 Å². The van der Waals surface area contributed by atoms with Crippen molar-refractivity contribution in [2.24, 2.45) is 0 Å².